The molecule has 0 aliphatic heterocycles. The second-order valence-corrected chi connectivity index (χ2v) is 16.4. The lowest BCUT2D eigenvalue weighted by molar-refractivity contribution is -0.125. The number of carbonyl (C=O) groups excluding carboxylic acids is 1. The summed E-state index contributed by atoms with van der Waals surface area (Å²) in [6, 6.07) is 29.1. The van der Waals surface area contributed by atoms with Gasteiger partial charge in [0.25, 0.3) is 8.32 Å². The van der Waals surface area contributed by atoms with Gasteiger partial charge in [0.15, 0.2) is 0 Å². The number of hydrogen-bond donors (Lipinski definition) is 0. The number of Topliss-reactive ketones (excluding diaryl/α,β-unsaturated/α-hetero) is 1. The van der Waals surface area contributed by atoms with Crippen molar-refractivity contribution < 1.29 is 18.7 Å². The smallest absolute Gasteiger partial charge is 0.261 e. The maximum absolute atomic E-state index is 13.2. The summed E-state index contributed by atoms with van der Waals surface area (Å²) in [6.07, 6.45) is 2.43. The quantitative estimate of drug-likeness (QED) is 0.0871. The summed E-state index contributed by atoms with van der Waals surface area (Å²) in [6.45, 7) is 13.9. The van der Waals surface area contributed by atoms with Crippen molar-refractivity contribution in [3.8, 4) is 17.6 Å². The molecule has 0 saturated heterocycles. The lowest BCUT2D eigenvalue weighted by Gasteiger charge is -2.44. The first-order chi connectivity index (χ1) is 20.1. The largest absolute Gasteiger partial charge is 0.497 e. The fourth-order valence-corrected chi connectivity index (χ4v) is 10.2. The summed E-state index contributed by atoms with van der Waals surface area (Å²) < 4.78 is 19.1. The summed E-state index contributed by atoms with van der Waals surface area (Å²) in [7, 11) is -1.07. The van der Waals surface area contributed by atoms with Gasteiger partial charge in [0.2, 0.25) is 5.78 Å². The second kappa shape index (κ2) is 15.9. The van der Waals surface area contributed by atoms with E-state index in [0.29, 0.717) is 13.2 Å². The van der Waals surface area contributed by atoms with Gasteiger partial charge in [-0.1, -0.05) is 127 Å². The number of ketones is 1. The molecular weight excluding hydrogens is 536 g/mol. The van der Waals surface area contributed by atoms with E-state index < -0.39 is 14.2 Å². The zero-order valence-electron chi connectivity index (χ0n) is 26.5. The Kier molecular flexibility index (Phi) is 12.6. The van der Waals surface area contributed by atoms with E-state index in [1.807, 2.05) is 31.2 Å². The van der Waals surface area contributed by atoms with Gasteiger partial charge < -0.3 is 13.9 Å². The van der Waals surface area contributed by atoms with E-state index in [1.165, 1.54) is 10.4 Å². The second-order valence-electron chi connectivity index (χ2n) is 12.1. The zero-order valence-corrected chi connectivity index (χ0v) is 27.5. The fourth-order valence-electron chi connectivity index (χ4n) is 5.51. The first kappa shape index (κ1) is 33.3. The summed E-state index contributed by atoms with van der Waals surface area (Å²) in [5, 5.41) is 2.33. The van der Waals surface area contributed by atoms with Gasteiger partial charge in [0, 0.05) is 18.9 Å². The molecule has 0 aliphatic carbocycles. The molecule has 0 amide bonds. The molecule has 0 radical (unpaired) electrons. The van der Waals surface area contributed by atoms with Crippen molar-refractivity contribution in [2.24, 2.45) is 11.8 Å². The Morgan fingerprint density at radius 1 is 0.881 bits per heavy atom. The Hall–Kier alpha value is -3.17. The Labute approximate surface area is 254 Å². The molecule has 0 unspecified atom stereocenters. The molecule has 3 rings (SSSR count). The number of unbranched alkanes of at least 4 members (excludes halogenated alkanes) is 2. The van der Waals surface area contributed by atoms with Crippen molar-refractivity contribution in [3.63, 3.8) is 0 Å². The fraction of sp³-hybridized carbons (Fsp3) is 0.432. The molecule has 0 aliphatic rings. The summed E-state index contributed by atoms with van der Waals surface area (Å²) >= 11 is 0. The van der Waals surface area contributed by atoms with Crippen molar-refractivity contribution in [1.82, 2.24) is 0 Å². The molecule has 3 aromatic carbocycles. The third kappa shape index (κ3) is 8.44. The summed E-state index contributed by atoms with van der Waals surface area (Å²) in [5.41, 5.74) is 1.02. The molecule has 4 nitrogen and oxygen atoms in total. The van der Waals surface area contributed by atoms with E-state index in [-0.39, 0.29) is 22.8 Å². The van der Waals surface area contributed by atoms with E-state index in [1.54, 1.807) is 7.11 Å². The third-order valence-electron chi connectivity index (χ3n) is 7.92. The van der Waals surface area contributed by atoms with Crippen molar-refractivity contribution >= 4 is 24.5 Å². The molecule has 0 bridgehead atoms. The normalized spacial score (nSPS) is 13.9. The van der Waals surface area contributed by atoms with Crippen LogP contribution in [0.15, 0.2) is 84.9 Å². The van der Waals surface area contributed by atoms with Crippen molar-refractivity contribution in [2.75, 3.05) is 13.7 Å². The molecule has 0 saturated carbocycles. The maximum Gasteiger partial charge on any atom is 0.261 e. The van der Waals surface area contributed by atoms with Crippen molar-refractivity contribution in [2.45, 2.75) is 78.6 Å². The van der Waals surface area contributed by atoms with Crippen LogP contribution >= 0.6 is 0 Å². The third-order valence-corrected chi connectivity index (χ3v) is 12.9. The van der Waals surface area contributed by atoms with Gasteiger partial charge in [0.05, 0.1) is 25.7 Å². The molecule has 0 spiro atoms. The van der Waals surface area contributed by atoms with Crippen LogP contribution in [-0.4, -0.2) is 33.9 Å². The molecule has 42 heavy (non-hydrogen) atoms. The lowest BCUT2D eigenvalue weighted by atomic mass is 9.90. The SMILES string of the molecule is CCCCC#CC(=O)[C@@H](C)[C@H](OCc1ccc(OC)cc1)[C@H](C)CO[Si](c1ccccc1)(c1ccccc1)C(C)(C)C. The lowest BCUT2D eigenvalue weighted by Crippen LogP contribution is -2.67. The van der Waals surface area contributed by atoms with Crippen LogP contribution in [0.25, 0.3) is 0 Å². The van der Waals surface area contributed by atoms with Gasteiger partial charge in [-0.2, -0.15) is 0 Å². The van der Waals surface area contributed by atoms with E-state index >= 15 is 0 Å². The summed E-state index contributed by atoms with van der Waals surface area (Å²) in [4.78, 5) is 13.2. The number of hydrogen-bond acceptors (Lipinski definition) is 4. The average Bonchev–Trinajstić information content (AvgIpc) is 3.00. The van der Waals surface area contributed by atoms with Crippen molar-refractivity contribution in [3.05, 3.63) is 90.5 Å². The maximum atomic E-state index is 13.2. The van der Waals surface area contributed by atoms with Crippen LogP contribution in [0.5, 0.6) is 5.75 Å². The van der Waals surface area contributed by atoms with Gasteiger partial charge >= 0.3 is 0 Å². The van der Waals surface area contributed by atoms with Gasteiger partial charge in [0.1, 0.15) is 5.75 Å². The Morgan fingerprint density at radius 3 is 1.95 bits per heavy atom. The number of ether oxygens (including phenoxy) is 2. The highest BCUT2D eigenvalue weighted by atomic mass is 28.4. The highest BCUT2D eigenvalue weighted by molar-refractivity contribution is 6.99. The Morgan fingerprint density at radius 2 is 1.45 bits per heavy atom. The molecule has 3 atom stereocenters. The van der Waals surface area contributed by atoms with Crippen LogP contribution in [0.1, 0.15) is 66.4 Å². The Bertz CT molecular complexity index is 1250. The van der Waals surface area contributed by atoms with Crippen LogP contribution in [0.3, 0.4) is 0 Å². The zero-order chi connectivity index (χ0) is 30.6. The van der Waals surface area contributed by atoms with Crippen molar-refractivity contribution in [1.29, 1.82) is 0 Å². The number of methoxy groups -OCH3 is 1. The minimum atomic E-state index is -2.73. The van der Waals surface area contributed by atoms with Gasteiger partial charge in [-0.05, 0) is 45.4 Å². The minimum absolute atomic E-state index is 0.0544. The highest BCUT2D eigenvalue weighted by Crippen LogP contribution is 2.37. The molecule has 0 heterocycles. The molecular formula is C37H48O4Si. The monoisotopic (exact) mass is 584 g/mol. The average molecular weight is 585 g/mol. The van der Waals surface area contributed by atoms with Crippen LogP contribution in [-0.2, 0) is 20.6 Å². The van der Waals surface area contributed by atoms with E-state index in [2.05, 4.69) is 107 Å². The molecule has 0 N–H and O–H groups in total. The number of carbonyl (C=O) groups is 1. The summed E-state index contributed by atoms with van der Waals surface area (Å²) in [5.74, 6) is 6.24. The van der Waals surface area contributed by atoms with Gasteiger partial charge in [-0.3, -0.25) is 4.79 Å². The van der Waals surface area contributed by atoms with E-state index in [0.717, 1.165) is 30.6 Å². The highest BCUT2D eigenvalue weighted by Gasteiger charge is 2.50. The topological polar surface area (TPSA) is 44.8 Å². The predicted octanol–water partition coefficient (Wildman–Crippen LogP) is 7.19. The molecule has 0 fully saturated rings. The van der Waals surface area contributed by atoms with Crippen LogP contribution in [0.4, 0.5) is 0 Å². The van der Waals surface area contributed by atoms with Gasteiger partial charge in [-0.15, -0.1) is 0 Å². The number of benzene rings is 3. The van der Waals surface area contributed by atoms with Gasteiger partial charge in [-0.25, -0.2) is 0 Å². The first-order valence-corrected chi connectivity index (χ1v) is 17.1. The standard InChI is InChI=1S/C37H48O4Si/c1-8-9-10-17-22-35(38)30(3)36(40-28-31-23-25-32(39-7)26-24-31)29(2)27-41-42(37(4,5)6,33-18-13-11-14-19-33)34-20-15-12-16-21-34/h11-16,18-21,23-26,29-30,36H,8-10,27-28H2,1-7H3/t29-,30-,36-/m1/s1. The predicted molar refractivity (Wildman–Crippen MR) is 176 cm³/mol. The van der Waals surface area contributed by atoms with Crippen LogP contribution in [0.2, 0.25) is 5.04 Å². The molecule has 224 valence electrons. The molecule has 5 heteroatoms. The minimum Gasteiger partial charge on any atom is -0.497 e. The number of rotatable bonds is 14. The van der Waals surface area contributed by atoms with E-state index in [9.17, 15) is 4.79 Å². The molecule has 3 aromatic rings. The van der Waals surface area contributed by atoms with E-state index in [4.69, 9.17) is 13.9 Å². The Balaban J connectivity index is 1.92. The molecule has 0 aromatic heterocycles. The van der Waals surface area contributed by atoms with Crippen LogP contribution in [0, 0.1) is 23.7 Å². The van der Waals surface area contributed by atoms with Crippen LogP contribution < -0.4 is 15.1 Å². The first-order valence-electron chi connectivity index (χ1n) is 15.2.